The first kappa shape index (κ1) is 32.1. The van der Waals surface area contributed by atoms with Crippen molar-refractivity contribution in [1.82, 2.24) is 19.1 Å². The zero-order valence-corrected chi connectivity index (χ0v) is 21.8. The maximum Gasteiger partial charge on any atom is 0.351 e. The number of amides is 2. The summed E-state index contributed by atoms with van der Waals surface area (Å²) in [5.74, 6) is -9.81. The van der Waals surface area contributed by atoms with Gasteiger partial charge in [0.2, 0.25) is 24.3 Å². The Kier molecular flexibility index (Phi) is 9.27. The third-order valence-electron chi connectivity index (χ3n) is 6.63. The van der Waals surface area contributed by atoms with Crippen LogP contribution >= 0.6 is 0 Å². The molecule has 4 heterocycles. The van der Waals surface area contributed by atoms with Gasteiger partial charge in [0.15, 0.2) is 12.2 Å². The summed E-state index contributed by atoms with van der Waals surface area (Å²) in [6, 6.07) is 2.05. The molecule has 2 aliphatic heterocycles. The van der Waals surface area contributed by atoms with E-state index in [1.54, 1.807) is 0 Å². The van der Waals surface area contributed by atoms with Crippen molar-refractivity contribution in [1.29, 1.82) is 0 Å². The highest BCUT2D eigenvalue weighted by Gasteiger charge is 2.60. The van der Waals surface area contributed by atoms with E-state index < -0.39 is 85.1 Å². The summed E-state index contributed by atoms with van der Waals surface area (Å²) in [6.07, 6.45) is -11.3. The van der Waals surface area contributed by atoms with Gasteiger partial charge in [-0.25, -0.2) is 9.59 Å². The molecule has 20 heteroatoms. The number of aromatic nitrogens is 4. The highest BCUT2D eigenvalue weighted by Crippen LogP contribution is 2.43. The standard InChI is InChI=1S/C23H26F4N6O10/c24-22(25)16(38)10(8-34)42-18(22)32-6-4-12(30-20(32)40)28-14(36)2-1-3-15(37)29-13-5-7-33(21(41)31-13)19-23(26,27)17(39)11(9-35)43-19/h4-7,10-11,16-19,34-35,38-39H,1-3,8-9H2,(H,28,30,36,40)(H,29,31,37,41). The number of carbonyl (C=O) groups excluding carboxylic acids is 2. The molecule has 4 rings (SSSR count). The Morgan fingerprint density at radius 3 is 1.47 bits per heavy atom. The maximum absolute atomic E-state index is 14.3. The second-order valence-electron chi connectivity index (χ2n) is 9.61. The van der Waals surface area contributed by atoms with Gasteiger partial charge in [-0.3, -0.25) is 18.7 Å². The normalized spacial score (nSPS) is 27.6. The number of anilines is 2. The smallest absolute Gasteiger partial charge is 0.351 e. The van der Waals surface area contributed by atoms with Gasteiger partial charge in [0.05, 0.1) is 13.2 Å². The molecule has 0 spiro atoms. The Hall–Kier alpha value is -3.82. The number of hydrogen-bond donors (Lipinski definition) is 6. The summed E-state index contributed by atoms with van der Waals surface area (Å²) < 4.78 is 67.7. The number of aliphatic hydroxyl groups excluding tert-OH is 4. The van der Waals surface area contributed by atoms with Gasteiger partial charge in [0.25, 0.3) is 0 Å². The minimum atomic E-state index is -3.91. The van der Waals surface area contributed by atoms with E-state index in [9.17, 15) is 47.0 Å². The van der Waals surface area contributed by atoms with Crippen LogP contribution in [0.3, 0.4) is 0 Å². The third kappa shape index (κ3) is 6.43. The van der Waals surface area contributed by atoms with Crippen LogP contribution in [0.15, 0.2) is 34.1 Å². The topological polar surface area (TPSA) is 227 Å². The van der Waals surface area contributed by atoms with E-state index in [0.717, 1.165) is 24.5 Å². The quantitative estimate of drug-likeness (QED) is 0.163. The monoisotopic (exact) mass is 622 g/mol. The first-order chi connectivity index (χ1) is 20.2. The van der Waals surface area contributed by atoms with Gasteiger partial charge in [-0.05, 0) is 18.6 Å². The van der Waals surface area contributed by atoms with E-state index in [2.05, 4.69) is 20.6 Å². The maximum atomic E-state index is 14.3. The molecule has 2 aromatic rings. The number of alkyl halides is 4. The molecular weight excluding hydrogens is 596 g/mol. The fourth-order valence-corrected chi connectivity index (χ4v) is 4.38. The number of aliphatic hydroxyl groups is 4. The van der Waals surface area contributed by atoms with Crippen LogP contribution in [-0.2, 0) is 19.1 Å². The van der Waals surface area contributed by atoms with Gasteiger partial charge in [0.1, 0.15) is 23.8 Å². The molecule has 236 valence electrons. The van der Waals surface area contributed by atoms with Gasteiger partial charge in [-0.2, -0.15) is 27.5 Å². The van der Waals surface area contributed by atoms with Crippen molar-refractivity contribution < 1.29 is 57.1 Å². The Morgan fingerprint density at radius 2 is 1.16 bits per heavy atom. The number of nitrogens with zero attached hydrogens (tertiary/aromatic N) is 4. The Bertz CT molecular complexity index is 1370. The van der Waals surface area contributed by atoms with Crippen LogP contribution in [0.1, 0.15) is 31.7 Å². The third-order valence-corrected chi connectivity index (χ3v) is 6.63. The van der Waals surface area contributed by atoms with Crippen LogP contribution in [0.2, 0.25) is 0 Å². The molecular formula is C23H26F4N6O10. The summed E-state index contributed by atoms with van der Waals surface area (Å²) in [5, 5.41) is 41.9. The van der Waals surface area contributed by atoms with E-state index in [4.69, 9.17) is 19.7 Å². The minimum Gasteiger partial charge on any atom is -0.394 e. The Morgan fingerprint density at radius 1 is 0.791 bits per heavy atom. The first-order valence-electron chi connectivity index (χ1n) is 12.6. The van der Waals surface area contributed by atoms with Crippen molar-refractivity contribution in [3.8, 4) is 0 Å². The lowest BCUT2D eigenvalue weighted by Crippen LogP contribution is -2.41. The summed E-state index contributed by atoms with van der Waals surface area (Å²) in [5.41, 5.74) is -2.48. The van der Waals surface area contributed by atoms with Crippen LogP contribution in [-0.4, -0.2) is 101 Å². The lowest BCUT2D eigenvalue weighted by molar-refractivity contribution is -0.141. The molecule has 2 fully saturated rings. The van der Waals surface area contributed by atoms with Gasteiger partial charge in [-0.15, -0.1) is 0 Å². The van der Waals surface area contributed by atoms with Crippen LogP contribution in [0.5, 0.6) is 0 Å². The fraction of sp³-hybridized carbons (Fsp3) is 0.565. The number of rotatable bonds is 10. The van der Waals surface area contributed by atoms with Gasteiger partial charge >= 0.3 is 23.2 Å². The van der Waals surface area contributed by atoms with E-state index in [-0.39, 0.29) is 30.9 Å². The van der Waals surface area contributed by atoms with Crippen LogP contribution in [0.4, 0.5) is 29.2 Å². The van der Waals surface area contributed by atoms with E-state index in [1.165, 1.54) is 0 Å². The zero-order chi connectivity index (χ0) is 31.7. The van der Waals surface area contributed by atoms with E-state index in [1.807, 2.05) is 0 Å². The number of halogens is 4. The van der Waals surface area contributed by atoms with Crippen LogP contribution in [0.25, 0.3) is 0 Å². The Balaban J connectivity index is 1.27. The summed E-state index contributed by atoms with van der Waals surface area (Å²) >= 11 is 0. The van der Waals surface area contributed by atoms with Crippen LogP contribution in [0, 0.1) is 0 Å². The predicted octanol–water partition coefficient (Wildman–Crippen LogP) is -1.68. The van der Waals surface area contributed by atoms with Crippen molar-refractivity contribution in [3.05, 3.63) is 45.5 Å². The summed E-state index contributed by atoms with van der Waals surface area (Å²) in [7, 11) is 0. The largest absolute Gasteiger partial charge is 0.394 e. The van der Waals surface area contributed by atoms with Crippen molar-refractivity contribution in [3.63, 3.8) is 0 Å². The minimum absolute atomic E-state index is 0.0447. The highest BCUT2D eigenvalue weighted by atomic mass is 19.3. The highest BCUT2D eigenvalue weighted by molar-refractivity contribution is 5.92. The average Bonchev–Trinajstić information content (AvgIpc) is 3.31. The molecule has 16 nitrogen and oxygen atoms in total. The number of hydrogen-bond acceptors (Lipinski definition) is 12. The molecule has 0 aromatic carbocycles. The van der Waals surface area contributed by atoms with E-state index in [0.29, 0.717) is 9.13 Å². The fourth-order valence-electron chi connectivity index (χ4n) is 4.38. The lowest BCUT2D eigenvalue weighted by atomic mass is 10.1. The van der Waals surface area contributed by atoms with Crippen molar-refractivity contribution in [2.24, 2.45) is 0 Å². The molecule has 6 N–H and O–H groups in total. The average molecular weight is 622 g/mol. The second kappa shape index (κ2) is 12.4. The molecule has 0 saturated carbocycles. The molecule has 2 saturated heterocycles. The van der Waals surface area contributed by atoms with Gasteiger partial charge in [-0.1, -0.05) is 0 Å². The predicted molar refractivity (Wildman–Crippen MR) is 132 cm³/mol. The molecule has 0 bridgehead atoms. The van der Waals surface area contributed by atoms with Crippen LogP contribution < -0.4 is 22.0 Å². The molecule has 0 radical (unpaired) electrons. The summed E-state index contributed by atoms with van der Waals surface area (Å²) in [6.45, 7) is -1.84. The second-order valence-corrected chi connectivity index (χ2v) is 9.61. The SMILES string of the molecule is O=C(CCCC(=O)Nc1ccn(C2OC(CO)C(O)C2(F)F)c(=O)n1)Nc1ccn(C2OC(CO)C(O)C2(F)F)c(=O)n1. The molecule has 6 atom stereocenters. The van der Waals surface area contributed by atoms with Crippen molar-refractivity contribution in [2.75, 3.05) is 23.8 Å². The van der Waals surface area contributed by atoms with Crippen molar-refractivity contribution >= 4 is 23.5 Å². The molecule has 6 unspecified atom stereocenters. The molecule has 0 aliphatic carbocycles. The zero-order valence-electron chi connectivity index (χ0n) is 21.8. The van der Waals surface area contributed by atoms with Gasteiger partial charge in [0, 0.05) is 25.2 Å². The molecule has 2 amide bonds. The first-order valence-corrected chi connectivity index (χ1v) is 12.6. The lowest BCUT2D eigenvalue weighted by Gasteiger charge is -2.21. The van der Waals surface area contributed by atoms with E-state index >= 15 is 0 Å². The Labute approximate surface area is 237 Å². The van der Waals surface area contributed by atoms with Crippen molar-refractivity contribution in [2.45, 2.75) is 68.0 Å². The summed E-state index contributed by atoms with van der Waals surface area (Å²) in [4.78, 5) is 55.9. The molecule has 43 heavy (non-hydrogen) atoms. The van der Waals surface area contributed by atoms with Gasteiger partial charge < -0.3 is 40.5 Å². The molecule has 2 aliphatic rings. The number of carbonyl (C=O) groups is 2. The number of ether oxygens (including phenoxy) is 2. The molecule has 2 aromatic heterocycles. The number of nitrogens with one attached hydrogen (secondary N) is 2.